The molecule has 4 atom stereocenters. The van der Waals surface area contributed by atoms with Gasteiger partial charge in [-0.05, 0) is 40.0 Å². The van der Waals surface area contributed by atoms with Gasteiger partial charge >= 0.3 is 0 Å². The van der Waals surface area contributed by atoms with Crippen molar-refractivity contribution in [2.75, 3.05) is 32.8 Å². The fraction of sp³-hybridized carbons (Fsp3) is 0.850. The highest BCUT2D eigenvalue weighted by atomic mass is 19.1. The topological polar surface area (TPSA) is 62.8 Å². The summed E-state index contributed by atoms with van der Waals surface area (Å²) in [6, 6.07) is 0.130. The van der Waals surface area contributed by atoms with Gasteiger partial charge in [0.1, 0.15) is 6.17 Å². The molecule has 2 unspecified atom stereocenters. The van der Waals surface area contributed by atoms with Gasteiger partial charge in [0.15, 0.2) is 0 Å². The number of amides is 1. The Bertz CT molecular complexity index is 535. The molecular formula is C20H34FN3O3. The molecule has 0 spiro atoms. The van der Waals surface area contributed by atoms with Gasteiger partial charge in [-0.25, -0.2) is 4.39 Å². The molecule has 154 valence electrons. The van der Waals surface area contributed by atoms with Crippen LogP contribution in [0.4, 0.5) is 4.39 Å². The largest absolute Gasteiger partial charge is 0.375 e. The Morgan fingerprint density at radius 2 is 2.07 bits per heavy atom. The van der Waals surface area contributed by atoms with Gasteiger partial charge in [-0.3, -0.25) is 4.79 Å². The van der Waals surface area contributed by atoms with E-state index in [1.165, 1.54) is 0 Å². The molecule has 2 fully saturated rings. The first-order valence-electron chi connectivity index (χ1n) is 10.4. The first kappa shape index (κ1) is 20.7. The fourth-order valence-electron chi connectivity index (χ4n) is 4.29. The second-order valence-electron chi connectivity index (χ2n) is 8.04. The van der Waals surface area contributed by atoms with Crippen LogP contribution in [0, 0.1) is 0 Å². The summed E-state index contributed by atoms with van der Waals surface area (Å²) in [5.74, 6) is 0.119. The van der Waals surface area contributed by atoms with Crippen molar-refractivity contribution in [3.05, 3.63) is 11.6 Å². The van der Waals surface area contributed by atoms with Crippen LogP contribution in [-0.4, -0.2) is 80.2 Å². The molecule has 0 aromatic heterocycles. The highest BCUT2D eigenvalue weighted by molar-refractivity contribution is 5.94. The highest BCUT2D eigenvalue weighted by Crippen LogP contribution is 2.23. The highest BCUT2D eigenvalue weighted by Gasteiger charge is 2.36. The number of likely N-dealkylation sites (tertiary alicyclic amines) is 1. The average molecular weight is 384 g/mol. The zero-order valence-electron chi connectivity index (χ0n) is 16.7. The Balaban J connectivity index is 1.52. The number of rotatable bonds is 6. The zero-order valence-corrected chi connectivity index (χ0v) is 16.7. The summed E-state index contributed by atoms with van der Waals surface area (Å²) in [7, 11) is 0. The Morgan fingerprint density at radius 3 is 2.74 bits per heavy atom. The Kier molecular flexibility index (Phi) is 7.25. The first-order valence-corrected chi connectivity index (χ1v) is 10.4. The van der Waals surface area contributed by atoms with Crippen LogP contribution in [0.2, 0.25) is 0 Å². The van der Waals surface area contributed by atoms with Crippen LogP contribution in [0.1, 0.15) is 40.0 Å². The maximum atomic E-state index is 14.0. The van der Waals surface area contributed by atoms with Gasteiger partial charge in [-0.15, -0.1) is 0 Å². The normalized spacial score (nSPS) is 32.8. The van der Waals surface area contributed by atoms with E-state index in [9.17, 15) is 9.18 Å². The second kappa shape index (κ2) is 9.45. The number of carbonyl (C=O) groups excluding carboxylic acids is 1. The molecule has 3 aliphatic heterocycles. The molecule has 3 rings (SSSR count). The van der Waals surface area contributed by atoms with Crippen molar-refractivity contribution >= 4 is 5.91 Å². The number of nitrogens with zero attached hydrogens (tertiary/aromatic N) is 1. The quantitative estimate of drug-likeness (QED) is 0.726. The molecule has 2 N–H and O–H groups in total. The van der Waals surface area contributed by atoms with Gasteiger partial charge in [0.05, 0.1) is 18.3 Å². The van der Waals surface area contributed by atoms with Crippen LogP contribution < -0.4 is 10.6 Å². The lowest BCUT2D eigenvalue weighted by Crippen LogP contribution is -2.55. The number of halogens is 1. The van der Waals surface area contributed by atoms with Crippen molar-refractivity contribution < 1.29 is 18.7 Å². The van der Waals surface area contributed by atoms with Crippen molar-refractivity contribution in [2.24, 2.45) is 0 Å². The first-order chi connectivity index (χ1) is 13.0. The number of nitrogens with one attached hydrogen (secondary N) is 2. The molecule has 2 saturated heterocycles. The number of hydrogen-bond acceptors (Lipinski definition) is 5. The molecule has 0 aliphatic carbocycles. The Labute approximate surface area is 161 Å². The molecular weight excluding hydrogens is 349 g/mol. The summed E-state index contributed by atoms with van der Waals surface area (Å²) < 4.78 is 25.4. The van der Waals surface area contributed by atoms with E-state index in [4.69, 9.17) is 9.47 Å². The monoisotopic (exact) mass is 383 g/mol. The summed E-state index contributed by atoms with van der Waals surface area (Å²) in [6.45, 7) is 8.87. The standard InChI is InChI=1S/C20H34FN3O3/c1-4-26-19-10-18(23-12-16(19)21)17-9-14(11-22-17)20(25)24-7-5-15(6-8-24)27-13(2)3/h9,13,15-19,22-23H,4-8,10-12H2,1-3H3/t16-,17?,18?,19+/m1/s1. The number of ether oxygens (including phenoxy) is 2. The van der Waals surface area contributed by atoms with Crippen molar-refractivity contribution in [3.63, 3.8) is 0 Å². The lowest BCUT2D eigenvalue weighted by atomic mass is 9.94. The molecule has 0 radical (unpaired) electrons. The molecule has 1 amide bonds. The summed E-state index contributed by atoms with van der Waals surface area (Å²) in [4.78, 5) is 14.8. The van der Waals surface area contributed by atoms with Crippen LogP contribution >= 0.6 is 0 Å². The molecule has 27 heavy (non-hydrogen) atoms. The Hall–Kier alpha value is -1.02. The smallest absolute Gasteiger partial charge is 0.250 e. The van der Waals surface area contributed by atoms with Gasteiger partial charge in [0.25, 0.3) is 5.91 Å². The minimum atomic E-state index is -0.970. The third-order valence-corrected chi connectivity index (χ3v) is 5.66. The van der Waals surface area contributed by atoms with Gasteiger partial charge in [0.2, 0.25) is 0 Å². The van der Waals surface area contributed by atoms with Crippen LogP contribution in [0.3, 0.4) is 0 Å². The lowest BCUT2D eigenvalue weighted by Gasteiger charge is -2.35. The van der Waals surface area contributed by atoms with E-state index < -0.39 is 6.17 Å². The average Bonchev–Trinajstić information content (AvgIpc) is 3.13. The van der Waals surface area contributed by atoms with Crippen molar-refractivity contribution in [3.8, 4) is 0 Å². The lowest BCUT2D eigenvalue weighted by molar-refractivity contribution is -0.130. The molecule has 7 heteroatoms. The number of piperidine rings is 2. The molecule has 0 aromatic carbocycles. The van der Waals surface area contributed by atoms with Gasteiger partial charge in [-0.2, -0.15) is 0 Å². The van der Waals surface area contributed by atoms with E-state index in [0.29, 0.717) is 26.1 Å². The van der Waals surface area contributed by atoms with Crippen LogP contribution in [-0.2, 0) is 14.3 Å². The summed E-state index contributed by atoms with van der Waals surface area (Å²) in [6.07, 6.45) is 3.58. The third-order valence-electron chi connectivity index (χ3n) is 5.66. The summed E-state index contributed by atoms with van der Waals surface area (Å²) in [5, 5.41) is 6.66. The van der Waals surface area contributed by atoms with E-state index in [-0.39, 0.29) is 36.3 Å². The summed E-state index contributed by atoms with van der Waals surface area (Å²) in [5.41, 5.74) is 0.820. The van der Waals surface area contributed by atoms with E-state index in [1.807, 2.05) is 31.7 Å². The molecule has 3 aliphatic rings. The predicted octanol–water partition coefficient (Wildman–Crippen LogP) is 1.41. The maximum Gasteiger partial charge on any atom is 0.250 e. The van der Waals surface area contributed by atoms with Crippen LogP contribution in [0.5, 0.6) is 0 Å². The van der Waals surface area contributed by atoms with E-state index in [1.54, 1.807) is 0 Å². The van der Waals surface area contributed by atoms with E-state index in [0.717, 1.165) is 31.5 Å². The summed E-state index contributed by atoms with van der Waals surface area (Å²) >= 11 is 0. The number of alkyl halides is 1. The molecule has 3 heterocycles. The molecule has 6 nitrogen and oxygen atoms in total. The predicted molar refractivity (Wildman–Crippen MR) is 102 cm³/mol. The molecule has 0 bridgehead atoms. The number of carbonyl (C=O) groups is 1. The van der Waals surface area contributed by atoms with Crippen molar-refractivity contribution in [2.45, 2.75) is 76.6 Å². The van der Waals surface area contributed by atoms with Crippen molar-refractivity contribution in [1.82, 2.24) is 15.5 Å². The van der Waals surface area contributed by atoms with Crippen LogP contribution in [0.15, 0.2) is 11.6 Å². The van der Waals surface area contributed by atoms with Gasteiger partial charge in [-0.1, -0.05) is 6.08 Å². The minimum absolute atomic E-state index is 0.0428. The van der Waals surface area contributed by atoms with Gasteiger partial charge in [0, 0.05) is 50.4 Å². The van der Waals surface area contributed by atoms with E-state index in [2.05, 4.69) is 10.6 Å². The third kappa shape index (κ3) is 5.28. The SMILES string of the molecule is CCO[C@H]1CC(C2C=C(C(=O)N3CCC(OC(C)C)CC3)CN2)NC[C@H]1F. The van der Waals surface area contributed by atoms with Crippen LogP contribution in [0.25, 0.3) is 0 Å². The minimum Gasteiger partial charge on any atom is -0.375 e. The zero-order chi connectivity index (χ0) is 19.4. The number of hydrogen-bond donors (Lipinski definition) is 2. The second-order valence-corrected chi connectivity index (χ2v) is 8.04. The maximum absolute atomic E-state index is 14.0. The fourth-order valence-corrected chi connectivity index (χ4v) is 4.29. The van der Waals surface area contributed by atoms with E-state index >= 15 is 0 Å². The Morgan fingerprint density at radius 1 is 1.33 bits per heavy atom. The van der Waals surface area contributed by atoms with Gasteiger partial charge < -0.3 is 25.0 Å². The van der Waals surface area contributed by atoms with Crippen molar-refractivity contribution in [1.29, 1.82) is 0 Å². The molecule has 0 saturated carbocycles. The molecule has 0 aromatic rings.